The Hall–Kier alpha value is -3.41. The third kappa shape index (κ3) is 7.28. The average molecular weight is 548 g/mol. The summed E-state index contributed by atoms with van der Waals surface area (Å²) in [5, 5.41) is 22.6. The zero-order valence-electron chi connectivity index (χ0n) is 18.9. The Bertz CT molecular complexity index is 1390. The zero-order valence-corrected chi connectivity index (χ0v) is 20.7. The summed E-state index contributed by atoms with van der Waals surface area (Å²) in [6, 6.07) is 14.0. The fraction of sp³-hybridized carbons (Fsp3) is 0.130. The van der Waals surface area contributed by atoms with Crippen molar-refractivity contribution in [3.63, 3.8) is 0 Å². The predicted molar refractivity (Wildman–Crippen MR) is 129 cm³/mol. The van der Waals surface area contributed by atoms with Crippen molar-refractivity contribution in [2.75, 3.05) is 5.43 Å². The van der Waals surface area contributed by atoms with Crippen LogP contribution in [0.3, 0.4) is 0 Å². The maximum absolute atomic E-state index is 11.9. The fourth-order valence-corrected chi connectivity index (χ4v) is 3.82. The number of amidine groups is 1. The number of hydrazone groups is 1. The number of azo groups is 1. The van der Waals surface area contributed by atoms with E-state index in [9.17, 15) is 22.9 Å². The molecule has 0 aliphatic carbocycles. The standard InChI is InChI=1S/C23H22N4O5S.Cu.H2O/c1-14-8-9-19(17(11-14)13-28)24-26-23(18-6-4-5-7-21(18)33(30,31)32)27-25-20-12-15(2)10-16(3)22(20)29;;/h4-13,25,29H,1-3H3,(H,30,31,32);;1H2. The van der Waals surface area contributed by atoms with Gasteiger partial charge in [0.1, 0.15) is 10.6 Å². The molecule has 35 heavy (non-hydrogen) atoms. The number of aldehydes is 1. The molecule has 0 saturated heterocycles. The molecular formula is C23H24CuN4O6S. The summed E-state index contributed by atoms with van der Waals surface area (Å²) in [5.41, 5.74) is 5.80. The van der Waals surface area contributed by atoms with Crippen molar-refractivity contribution < 1.29 is 45.4 Å². The van der Waals surface area contributed by atoms with E-state index < -0.39 is 15.0 Å². The van der Waals surface area contributed by atoms with Crippen molar-refractivity contribution in [2.24, 2.45) is 15.3 Å². The number of phenols is 1. The van der Waals surface area contributed by atoms with Gasteiger partial charge in [0.05, 0.1) is 11.4 Å². The Morgan fingerprint density at radius 2 is 1.69 bits per heavy atom. The summed E-state index contributed by atoms with van der Waals surface area (Å²) in [5.74, 6) is -0.232. The van der Waals surface area contributed by atoms with Crippen molar-refractivity contribution in [3.8, 4) is 5.75 Å². The molecule has 0 aliphatic heterocycles. The maximum atomic E-state index is 11.9. The summed E-state index contributed by atoms with van der Waals surface area (Å²) < 4.78 is 33.5. The van der Waals surface area contributed by atoms with Crippen LogP contribution in [0, 0.1) is 20.8 Å². The summed E-state index contributed by atoms with van der Waals surface area (Å²) in [7, 11) is -4.60. The van der Waals surface area contributed by atoms with Crippen molar-refractivity contribution in [1.82, 2.24) is 0 Å². The number of aryl methyl sites for hydroxylation is 3. The van der Waals surface area contributed by atoms with Gasteiger partial charge in [0.15, 0.2) is 6.29 Å². The minimum absolute atomic E-state index is 0. The van der Waals surface area contributed by atoms with Crippen LogP contribution in [0.1, 0.15) is 32.6 Å². The number of hydrogen-bond acceptors (Lipinski definition) is 7. The molecular weight excluding hydrogens is 524 g/mol. The quantitative estimate of drug-likeness (QED) is 0.0612. The first kappa shape index (κ1) is 29.6. The molecule has 0 bridgehead atoms. The number of aromatic hydroxyl groups is 1. The summed E-state index contributed by atoms with van der Waals surface area (Å²) >= 11 is 0. The molecule has 0 unspecified atom stereocenters. The molecule has 0 spiro atoms. The number of rotatable bonds is 6. The molecule has 3 aromatic rings. The first-order chi connectivity index (χ1) is 15.6. The van der Waals surface area contributed by atoms with Crippen molar-refractivity contribution in [1.29, 1.82) is 0 Å². The second kappa shape index (κ2) is 12.3. The first-order valence-corrected chi connectivity index (χ1v) is 11.2. The summed E-state index contributed by atoms with van der Waals surface area (Å²) in [6.07, 6.45) is 0.635. The molecule has 12 heteroatoms. The predicted octanol–water partition coefficient (Wildman–Crippen LogP) is 4.11. The SMILES string of the molecule is Cc1ccc(N=NC(=NNc2cc(C)cc(C)c2O)c2ccccc2S(=O)(=O)O)c(C=O)c1.O.[Cu]. The van der Waals surface area contributed by atoms with Gasteiger partial charge >= 0.3 is 0 Å². The van der Waals surface area contributed by atoms with Crippen LogP contribution in [-0.4, -0.2) is 35.7 Å². The molecule has 1 radical (unpaired) electrons. The van der Waals surface area contributed by atoms with Crippen LogP contribution in [0.5, 0.6) is 5.75 Å². The minimum Gasteiger partial charge on any atom is -0.505 e. The van der Waals surface area contributed by atoms with Crippen molar-refractivity contribution in [2.45, 2.75) is 25.7 Å². The average Bonchev–Trinajstić information content (AvgIpc) is 2.77. The molecule has 3 aromatic carbocycles. The van der Waals surface area contributed by atoms with Gasteiger partial charge in [-0.1, -0.05) is 29.8 Å². The van der Waals surface area contributed by atoms with E-state index in [4.69, 9.17) is 0 Å². The molecule has 5 N–H and O–H groups in total. The van der Waals surface area contributed by atoms with Gasteiger partial charge in [-0.05, 0) is 62.2 Å². The van der Waals surface area contributed by atoms with Crippen LogP contribution in [0.2, 0.25) is 0 Å². The van der Waals surface area contributed by atoms with Crippen LogP contribution in [0.4, 0.5) is 11.4 Å². The second-order valence-corrected chi connectivity index (χ2v) is 8.77. The number of nitrogens with one attached hydrogen (secondary N) is 1. The van der Waals surface area contributed by atoms with E-state index in [-0.39, 0.29) is 51.1 Å². The summed E-state index contributed by atoms with van der Waals surface area (Å²) in [4.78, 5) is 11.0. The van der Waals surface area contributed by atoms with Gasteiger partial charge in [0.2, 0.25) is 5.84 Å². The number of carbonyl (C=O) groups is 1. The van der Waals surface area contributed by atoms with Crippen LogP contribution in [0.15, 0.2) is 74.8 Å². The van der Waals surface area contributed by atoms with E-state index in [2.05, 4.69) is 20.8 Å². The number of phenolic OH excluding ortho intramolecular Hbond substituents is 1. The van der Waals surface area contributed by atoms with Crippen LogP contribution in [-0.2, 0) is 27.2 Å². The van der Waals surface area contributed by atoms with E-state index in [0.29, 0.717) is 17.4 Å². The maximum Gasteiger partial charge on any atom is 0.295 e. The van der Waals surface area contributed by atoms with Crippen LogP contribution < -0.4 is 5.43 Å². The zero-order chi connectivity index (χ0) is 24.2. The normalized spacial score (nSPS) is 11.5. The smallest absolute Gasteiger partial charge is 0.295 e. The number of anilines is 1. The molecule has 189 valence electrons. The van der Waals surface area contributed by atoms with Crippen molar-refractivity contribution >= 4 is 33.6 Å². The van der Waals surface area contributed by atoms with E-state index in [1.807, 2.05) is 13.8 Å². The van der Waals surface area contributed by atoms with Crippen molar-refractivity contribution in [3.05, 3.63) is 82.4 Å². The van der Waals surface area contributed by atoms with E-state index in [0.717, 1.165) is 11.1 Å². The van der Waals surface area contributed by atoms with Crippen LogP contribution >= 0.6 is 0 Å². The van der Waals surface area contributed by atoms with Gasteiger partial charge in [0, 0.05) is 28.2 Å². The van der Waals surface area contributed by atoms with Gasteiger partial charge in [-0.25, -0.2) is 0 Å². The molecule has 0 atom stereocenters. The summed E-state index contributed by atoms with van der Waals surface area (Å²) in [6.45, 7) is 5.39. The Labute approximate surface area is 213 Å². The monoisotopic (exact) mass is 547 g/mol. The van der Waals surface area contributed by atoms with Crippen LogP contribution in [0.25, 0.3) is 0 Å². The molecule has 10 nitrogen and oxygen atoms in total. The number of hydrogen-bond donors (Lipinski definition) is 3. The topological polar surface area (TPSA) is 172 Å². The Morgan fingerprint density at radius 3 is 2.34 bits per heavy atom. The number of nitrogens with zero attached hydrogens (tertiary/aromatic N) is 3. The Balaban J connectivity index is 0.00000306. The molecule has 0 heterocycles. The number of benzene rings is 3. The fourth-order valence-electron chi connectivity index (χ4n) is 3.13. The van der Waals surface area contributed by atoms with Gasteiger partial charge in [0.25, 0.3) is 10.1 Å². The van der Waals surface area contributed by atoms with Gasteiger partial charge in [-0.15, -0.1) is 10.2 Å². The van der Waals surface area contributed by atoms with E-state index in [1.54, 1.807) is 43.3 Å². The van der Waals surface area contributed by atoms with Gasteiger partial charge in [-0.3, -0.25) is 14.8 Å². The van der Waals surface area contributed by atoms with Gasteiger partial charge < -0.3 is 10.6 Å². The number of carbonyl (C=O) groups excluding carboxylic acids is 1. The van der Waals surface area contributed by atoms with Gasteiger partial charge in [-0.2, -0.15) is 13.5 Å². The minimum atomic E-state index is -4.60. The van der Waals surface area contributed by atoms with E-state index >= 15 is 0 Å². The second-order valence-electron chi connectivity index (χ2n) is 7.38. The molecule has 0 fully saturated rings. The first-order valence-electron chi connectivity index (χ1n) is 9.78. The molecule has 0 saturated carbocycles. The molecule has 0 amide bonds. The largest absolute Gasteiger partial charge is 0.505 e. The third-order valence-corrected chi connectivity index (χ3v) is 5.61. The molecule has 0 aromatic heterocycles. The third-order valence-electron chi connectivity index (χ3n) is 4.70. The van der Waals surface area contributed by atoms with E-state index in [1.165, 1.54) is 18.2 Å². The Kier molecular flexibility index (Phi) is 10.4. The Morgan fingerprint density at radius 1 is 1.00 bits per heavy atom. The molecule has 3 rings (SSSR count). The molecule has 0 aliphatic rings.